The Morgan fingerprint density at radius 2 is 2.00 bits per heavy atom. The van der Waals surface area contributed by atoms with E-state index in [2.05, 4.69) is 16.4 Å². The molecule has 1 unspecified atom stereocenters. The lowest BCUT2D eigenvalue weighted by Crippen LogP contribution is -2.50. The van der Waals surface area contributed by atoms with Gasteiger partial charge >= 0.3 is 0 Å². The molecule has 7 heteroatoms. The number of anilines is 2. The van der Waals surface area contributed by atoms with Crippen LogP contribution in [-0.2, 0) is 15.0 Å². The van der Waals surface area contributed by atoms with Gasteiger partial charge in [0.05, 0.1) is 17.5 Å². The third kappa shape index (κ3) is 2.08. The second kappa shape index (κ2) is 6.04. The van der Waals surface area contributed by atoms with Crippen LogP contribution < -0.4 is 16.0 Å². The summed E-state index contributed by atoms with van der Waals surface area (Å²) < 4.78 is 0. The van der Waals surface area contributed by atoms with E-state index in [1.54, 1.807) is 47.6 Å². The zero-order valence-corrected chi connectivity index (χ0v) is 15.5. The molecule has 1 aromatic heterocycles. The number of hydrogen-bond acceptors (Lipinski definition) is 6. The van der Waals surface area contributed by atoms with E-state index in [9.17, 15) is 14.9 Å². The highest BCUT2D eigenvalue weighted by Gasteiger charge is 2.59. The summed E-state index contributed by atoms with van der Waals surface area (Å²) in [6.45, 7) is 0. The standard InChI is InChI=1S/C22H17N5O2/c23-11-15-20(24)27(13-5-4-10-25-12-13)17-8-3-9-18(28)19(17)22(15)14-6-1-2-7-16(14)26-21(22)29/h1-2,4-7,10,12H,3,8-9,24H2,(H,26,29). The van der Waals surface area contributed by atoms with Crippen molar-refractivity contribution in [2.24, 2.45) is 5.73 Å². The number of allylic oxidation sites excluding steroid dienone is 1. The van der Waals surface area contributed by atoms with Gasteiger partial charge in [0.25, 0.3) is 0 Å². The number of para-hydroxylation sites is 1. The predicted octanol–water partition coefficient (Wildman–Crippen LogP) is 2.49. The number of nitriles is 1. The van der Waals surface area contributed by atoms with Gasteiger partial charge in [-0.15, -0.1) is 0 Å². The summed E-state index contributed by atoms with van der Waals surface area (Å²) in [7, 11) is 0. The van der Waals surface area contributed by atoms with Crippen molar-refractivity contribution in [2.45, 2.75) is 24.7 Å². The molecular weight excluding hydrogens is 366 g/mol. The molecule has 1 spiro atoms. The van der Waals surface area contributed by atoms with Crippen LogP contribution in [0.2, 0.25) is 0 Å². The zero-order chi connectivity index (χ0) is 20.2. The largest absolute Gasteiger partial charge is 0.384 e. The smallest absolute Gasteiger partial charge is 0.245 e. The Labute approximate surface area is 167 Å². The van der Waals surface area contributed by atoms with E-state index in [1.807, 2.05) is 6.07 Å². The van der Waals surface area contributed by atoms with Gasteiger partial charge in [-0.2, -0.15) is 5.26 Å². The molecule has 2 aromatic rings. The SMILES string of the molecule is N#CC1=C(N)N(c2cccnc2)C2=C(C(=O)CCC2)C12C(=O)Nc1ccccc12. The van der Waals surface area contributed by atoms with Crippen LogP contribution in [0.3, 0.4) is 0 Å². The third-order valence-corrected chi connectivity index (χ3v) is 5.84. The number of amides is 1. The first-order chi connectivity index (χ1) is 14.1. The van der Waals surface area contributed by atoms with Gasteiger partial charge in [-0.05, 0) is 31.0 Å². The maximum absolute atomic E-state index is 13.4. The summed E-state index contributed by atoms with van der Waals surface area (Å²) in [5, 5.41) is 13.0. The van der Waals surface area contributed by atoms with Crippen molar-refractivity contribution in [3.8, 4) is 6.07 Å². The Morgan fingerprint density at radius 3 is 2.76 bits per heavy atom. The maximum Gasteiger partial charge on any atom is 0.245 e. The van der Waals surface area contributed by atoms with Crippen LogP contribution in [0.15, 0.2) is 71.5 Å². The molecule has 0 saturated heterocycles. The average molecular weight is 383 g/mol. The van der Waals surface area contributed by atoms with Crippen LogP contribution in [-0.4, -0.2) is 16.7 Å². The number of nitrogens with zero attached hydrogens (tertiary/aromatic N) is 3. The first-order valence-electron chi connectivity index (χ1n) is 9.39. The Morgan fingerprint density at radius 1 is 1.17 bits per heavy atom. The molecule has 142 valence electrons. The van der Waals surface area contributed by atoms with E-state index in [1.165, 1.54) is 0 Å². The molecule has 1 atom stereocenters. The number of carbonyl (C=O) groups is 2. The summed E-state index contributed by atoms with van der Waals surface area (Å²) in [6.07, 6.45) is 4.83. The van der Waals surface area contributed by atoms with E-state index < -0.39 is 11.3 Å². The van der Waals surface area contributed by atoms with Crippen LogP contribution >= 0.6 is 0 Å². The van der Waals surface area contributed by atoms with Gasteiger partial charge in [0.2, 0.25) is 5.91 Å². The lowest BCUT2D eigenvalue weighted by atomic mass is 9.64. The molecule has 3 heterocycles. The van der Waals surface area contributed by atoms with E-state index >= 15 is 0 Å². The van der Waals surface area contributed by atoms with Crippen LogP contribution in [0.4, 0.5) is 11.4 Å². The molecular formula is C22H17N5O2. The maximum atomic E-state index is 13.4. The average Bonchev–Trinajstić information content (AvgIpc) is 3.02. The molecule has 7 nitrogen and oxygen atoms in total. The molecule has 0 radical (unpaired) electrons. The second-order valence-corrected chi connectivity index (χ2v) is 7.27. The fourth-order valence-electron chi connectivity index (χ4n) is 4.73. The fourth-order valence-corrected chi connectivity index (χ4v) is 4.73. The van der Waals surface area contributed by atoms with E-state index in [4.69, 9.17) is 5.73 Å². The quantitative estimate of drug-likeness (QED) is 0.782. The molecule has 29 heavy (non-hydrogen) atoms. The number of Topliss-reactive ketones (excluding diaryl/α,β-unsaturated/α-hetero) is 1. The number of rotatable bonds is 1. The molecule has 2 aliphatic heterocycles. The van der Waals surface area contributed by atoms with E-state index in [0.717, 1.165) is 0 Å². The number of hydrogen-bond donors (Lipinski definition) is 2. The fraction of sp³-hybridized carbons (Fsp3) is 0.182. The van der Waals surface area contributed by atoms with Gasteiger partial charge in [-0.1, -0.05) is 18.2 Å². The highest BCUT2D eigenvalue weighted by molar-refractivity contribution is 6.19. The number of benzene rings is 1. The van der Waals surface area contributed by atoms with Crippen LogP contribution in [0.1, 0.15) is 24.8 Å². The highest BCUT2D eigenvalue weighted by Crippen LogP contribution is 2.54. The highest BCUT2D eigenvalue weighted by atomic mass is 16.2. The summed E-state index contributed by atoms with van der Waals surface area (Å²) in [6, 6.07) is 12.9. The van der Waals surface area contributed by atoms with Crippen molar-refractivity contribution < 1.29 is 9.59 Å². The number of carbonyl (C=O) groups excluding carboxylic acids is 2. The minimum Gasteiger partial charge on any atom is -0.384 e. The number of nitrogens with two attached hydrogens (primary N) is 1. The van der Waals surface area contributed by atoms with Crippen molar-refractivity contribution in [3.05, 3.63) is 77.0 Å². The lowest BCUT2D eigenvalue weighted by Gasteiger charge is -2.43. The van der Waals surface area contributed by atoms with Crippen molar-refractivity contribution >= 4 is 23.1 Å². The number of ketones is 1. The first-order valence-corrected chi connectivity index (χ1v) is 9.39. The number of pyridine rings is 1. The minimum absolute atomic E-state index is 0.0674. The van der Waals surface area contributed by atoms with Gasteiger partial charge < -0.3 is 11.1 Å². The zero-order valence-electron chi connectivity index (χ0n) is 15.5. The van der Waals surface area contributed by atoms with Crippen LogP contribution in [0, 0.1) is 11.3 Å². The van der Waals surface area contributed by atoms with Crippen LogP contribution in [0.5, 0.6) is 0 Å². The first kappa shape index (κ1) is 17.2. The number of aromatic nitrogens is 1. The molecule has 1 aromatic carbocycles. The normalized spacial score (nSPS) is 23.1. The topological polar surface area (TPSA) is 112 Å². The van der Waals surface area contributed by atoms with Gasteiger partial charge in [0.1, 0.15) is 17.3 Å². The van der Waals surface area contributed by atoms with Crippen LogP contribution in [0.25, 0.3) is 0 Å². The Balaban J connectivity index is 1.90. The molecule has 1 aliphatic carbocycles. The third-order valence-electron chi connectivity index (χ3n) is 5.84. The van der Waals surface area contributed by atoms with Gasteiger partial charge in [-0.3, -0.25) is 19.5 Å². The Kier molecular flexibility index (Phi) is 3.58. The molecule has 5 rings (SSSR count). The molecule has 3 aliphatic rings. The summed E-state index contributed by atoms with van der Waals surface area (Å²) in [4.78, 5) is 32.5. The van der Waals surface area contributed by atoms with E-state index in [0.29, 0.717) is 47.5 Å². The molecule has 0 fully saturated rings. The summed E-state index contributed by atoms with van der Waals surface area (Å²) in [5.41, 5.74) is 7.93. The van der Waals surface area contributed by atoms with Gasteiger partial charge in [0.15, 0.2) is 5.78 Å². The van der Waals surface area contributed by atoms with Gasteiger partial charge in [-0.25, -0.2) is 0 Å². The minimum atomic E-state index is -1.51. The second-order valence-electron chi connectivity index (χ2n) is 7.27. The van der Waals surface area contributed by atoms with Crippen molar-refractivity contribution in [3.63, 3.8) is 0 Å². The Bertz CT molecular complexity index is 1180. The monoisotopic (exact) mass is 383 g/mol. The molecule has 3 N–H and O–H groups in total. The van der Waals surface area contributed by atoms with Crippen molar-refractivity contribution in [2.75, 3.05) is 10.2 Å². The van der Waals surface area contributed by atoms with Crippen molar-refractivity contribution in [1.29, 1.82) is 5.26 Å². The molecule has 0 bridgehead atoms. The summed E-state index contributed by atoms with van der Waals surface area (Å²) in [5.74, 6) is -0.389. The molecule has 0 saturated carbocycles. The number of nitrogens with one attached hydrogen (secondary N) is 1. The van der Waals surface area contributed by atoms with Crippen molar-refractivity contribution in [1.82, 2.24) is 4.98 Å². The molecule has 1 amide bonds. The lowest BCUT2D eigenvalue weighted by molar-refractivity contribution is -0.122. The predicted molar refractivity (Wildman–Crippen MR) is 106 cm³/mol. The van der Waals surface area contributed by atoms with Gasteiger partial charge in [0, 0.05) is 35.1 Å². The van der Waals surface area contributed by atoms with E-state index in [-0.39, 0.29) is 17.2 Å². The Hall–Kier alpha value is -3.92. The summed E-state index contributed by atoms with van der Waals surface area (Å²) >= 11 is 0. The number of fused-ring (bicyclic) bond motifs is 3.